The van der Waals surface area contributed by atoms with Crippen molar-refractivity contribution >= 4 is 46.4 Å². The molecule has 1 aliphatic heterocycles. The normalized spacial score (nSPS) is 17.7. The Hall–Kier alpha value is -7.74. The quantitative estimate of drug-likeness (QED) is 0.0185. The van der Waals surface area contributed by atoms with Crippen molar-refractivity contribution in [3.8, 4) is 40.2 Å². The third kappa shape index (κ3) is 32.8. The summed E-state index contributed by atoms with van der Waals surface area (Å²) in [4.78, 5) is 51.9. The summed E-state index contributed by atoms with van der Waals surface area (Å²) in [6, 6.07) is 32.3. The van der Waals surface area contributed by atoms with Crippen molar-refractivity contribution in [3.05, 3.63) is 115 Å². The van der Waals surface area contributed by atoms with Gasteiger partial charge in [0.25, 0.3) is 23.6 Å². The molecule has 1 heterocycles. The summed E-state index contributed by atoms with van der Waals surface area (Å²) in [7, 11) is 4.61. The average Bonchev–Trinajstić information content (AvgIpc) is 0.830. The van der Waals surface area contributed by atoms with E-state index in [4.69, 9.17) is 75.0 Å². The van der Waals surface area contributed by atoms with Crippen molar-refractivity contribution in [1.82, 2.24) is 0 Å². The summed E-state index contributed by atoms with van der Waals surface area (Å²) < 4.78 is 62.2. The van der Waals surface area contributed by atoms with Gasteiger partial charge in [-0.15, -0.1) is 0 Å². The number of carbonyl (C=O) groups excluding carboxylic acids is 4. The molecule has 4 unspecified atom stereocenters. The number of fused-ring (bicyclic) bond motifs is 1. The summed E-state index contributed by atoms with van der Waals surface area (Å²) in [5.41, 5.74) is 29.5. The number of nitrogens with one attached hydrogen (secondary N) is 4. The van der Waals surface area contributed by atoms with Crippen LogP contribution in [0.5, 0.6) is 40.2 Å². The number of hydrogen-bond donors (Lipinski definition) is 8. The molecule has 628 valence electrons. The number of methoxy groups -OCH3 is 3. The molecule has 4 saturated carbocycles. The van der Waals surface area contributed by atoms with Crippen LogP contribution < -0.4 is 77.4 Å². The topological polar surface area (TPSA) is 322 Å². The van der Waals surface area contributed by atoms with Gasteiger partial charge in [0, 0.05) is 77.2 Å². The Bertz CT molecular complexity index is 3540. The number of carbonyl (C=O) groups is 4. The second kappa shape index (κ2) is 49.9. The predicted molar refractivity (Wildman–Crippen MR) is 450 cm³/mol. The molecule has 0 radical (unpaired) electrons. The smallest absolute Gasteiger partial charge is 0.255 e. The van der Waals surface area contributed by atoms with Gasteiger partial charge in [0.2, 0.25) is 5.75 Å². The Balaban J connectivity index is 0.000000209. The first kappa shape index (κ1) is 92.4. The lowest BCUT2D eigenvalue weighted by Crippen LogP contribution is -2.47. The van der Waals surface area contributed by atoms with Crippen LogP contribution >= 0.6 is 0 Å². The molecule has 0 spiro atoms. The zero-order valence-corrected chi connectivity index (χ0v) is 69.9. The largest absolute Gasteiger partial charge is 0.494 e. The number of hydrogen-bond acceptors (Lipinski definition) is 19. The third-order valence-corrected chi connectivity index (χ3v) is 21.1. The standard InChI is InChI=1S/C26H36N2O3.C22H36N2O5.C21H32N2O4.C21H34N2O3/c1-19(2)31-25(24(27)16-20-10-5-3-6-11-20)26(29)28-22-14-9-15-23(17-22)30-18-21-12-7-4-8-13-21;1-14(2)29-20(17(23)11-15-9-7-6-8-10-15)22(25)24-16-12-18(26-3)21(28-5)19(13-16)27-4;1-14(2)27-20(17(22)12-15-6-4-3-5-7-15)21(24)23-16-8-9-18-19(13-16)26-11-10-25-18;1-4-25-18-12-8-11-17(14-18)23-21(24)20(26-15(2)3)19(22)13-16-9-6-5-7-10-16/h4,7-9,12-15,17,19-20,24-25H,3,5-6,10-11,16,18,27H2,1-2H3,(H,28,29);12-15,17,20H,6-11,23H2,1-5H3,(H,24,25);8-9,13-15,17,20H,3-7,10-12,22H2,1-2H3,(H,23,24);8,11-12,14-16,19-20H,4-7,9-10,13,22H2,1-3H3,(H,23,24)/t24-,25?;2*17-,20?;19-,20?/m1111/s1. The highest BCUT2D eigenvalue weighted by Crippen LogP contribution is 2.41. The number of ether oxygens (including phenoxy) is 11. The Morgan fingerprint density at radius 3 is 1.05 bits per heavy atom. The van der Waals surface area contributed by atoms with Crippen LogP contribution in [0.15, 0.2) is 109 Å². The van der Waals surface area contributed by atoms with E-state index in [1.165, 1.54) is 150 Å². The zero-order valence-electron chi connectivity index (χ0n) is 69.9. The molecule has 4 fully saturated rings. The molecule has 10 rings (SSSR count). The first-order valence-electron chi connectivity index (χ1n) is 42.0. The molecule has 4 amide bonds. The highest BCUT2D eigenvalue weighted by Gasteiger charge is 2.35. The molecule has 5 aliphatic rings. The maximum atomic E-state index is 13.1. The first-order chi connectivity index (χ1) is 54.4. The monoisotopic (exact) mass is 1570 g/mol. The van der Waals surface area contributed by atoms with Gasteiger partial charge in [-0.05, 0) is 154 Å². The summed E-state index contributed by atoms with van der Waals surface area (Å²) in [5, 5.41) is 11.8. The van der Waals surface area contributed by atoms with E-state index in [0.717, 1.165) is 37.0 Å². The highest BCUT2D eigenvalue weighted by molar-refractivity contribution is 5.97. The molecule has 12 N–H and O–H groups in total. The van der Waals surface area contributed by atoms with Crippen LogP contribution in [0.2, 0.25) is 0 Å². The Kier molecular flexibility index (Phi) is 40.8. The fraction of sp³-hybridized carbons (Fsp3) is 0.622. The van der Waals surface area contributed by atoms with Gasteiger partial charge in [-0.3, -0.25) is 19.2 Å². The van der Waals surface area contributed by atoms with Crippen LogP contribution in [0.25, 0.3) is 0 Å². The molecule has 4 aliphatic carbocycles. The summed E-state index contributed by atoms with van der Waals surface area (Å²) in [6.07, 6.45) is 25.1. The number of nitrogens with two attached hydrogens (primary N) is 4. The second-order valence-corrected chi connectivity index (χ2v) is 32.0. The van der Waals surface area contributed by atoms with E-state index in [0.29, 0.717) is 107 Å². The van der Waals surface area contributed by atoms with E-state index in [2.05, 4.69) is 21.3 Å². The lowest BCUT2D eigenvalue weighted by molar-refractivity contribution is -0.132. The highest BCUT2D eigenvalue weighted by atomic mass is 16.6. The molecule has 23 heteroatoms. The number of amides is 4. The summed E-state index contributed by atoms with van der Waals surface area (Å²) in [6.45, 7) is 19.5. The molecule has 113 heavy (non-hydrogen) atoms. The molecule has 5 aromatic rings. The van der Waals surface area contributed by atoms with E-state index >= 15 is 0 Å². The van der Waals surface area contributed by atoms with Crippen molar-refractivity contribution in [3.63, 3.8) is 0 Å². The van der Waals surface area contributed by atoms with Gasteiger partial charge in [0.15, 0.2) is 47.4 Å². The molecule has 8 atom stereocenters. The molecule has 0 saturated heterocycles. The fourth-order valence-electron chi connectivity index (χ4n) is 15.7. The number of benzene rings is 5. The number of rotatable bonds is 36. The molecular formula is C90H138N8O15. The van der Waals surface area contributed by atoms with Crippen LogP contribution in [0.3, 0.4) is 0 Å². The number of anilines is 4. The van der Waals surface area contributed by atoms with Gasteiger partial charge < -0.3 is 96.3 Å². The lowest BCUT2D eigenvalue weighted by Gasteiger charge is -2.30. The minimum absolute atomic E-state index is 0.0575. The van der Waals surface area contributed by atoms with Crippen molar-refractivity contribution in [2.45, 2.75) is 296 Å². The van der Waals surface area contributed by atoms with E-state index in [1.807, 2.05) is 153 Å². The van der Waals surface area contributed by atoms with Gasteiger partial charge >= 0.3 is 0 Å². The predicted octanol–water partition coefficient (Wildman–Crippen LogP) is 16.6. The third-order valence-electron chi connectivity index (χ3n) is 21.1. The maximum absolute atomic E-state index is 13.1. The van der Waals surface area contributed by atoms with E-state index < -0.39 is 24.4 Å². The van der Waals surface area contributed by atoms with Crippen molar-refractivity contribution in [2.75, 3.05) is 62.4 Å². The van der Waals surface area contributed by atoms with E-state index in [9.17, 15) is 19.2 Å². The minimum atomic E-state index is -0.726. The van der Waals surface area contributed by atoms with Crippen molar-refractivity contribution in [1.29, 1.82) is 0 Å². The van der Waals surface area contributed by atoms with Crippen LogP contribution in [0, 0.1) is 23.7 Å². The average molecular weight is 1570 g/mol. The van der Waals surface area contributed by atoms with E-state index in [-0.39, 0.29) is 72.2 Å². The van der Waals surface area contributed by atoms with Gasteiger partial charge in [-0.1, -0.05) is 171 Å². The molecule has 0 bridgehead atoms. The SMILES string of the molecule is CC(C)OC(C(=O)Nc1ccc2c(c1)OCCO2)[C@H](N)CC1CCCCC1.CC(C)OC(C(=O)Nc1cccc(OCc2ccccc2)c1)[C@H](N)CC1CCCCC1.CCOc1cccc(NC(=O)C(OC(C)C)[C@H](N)CC2CCCCC2)c1.COc1cc(NC(=O)C(OC(C)C)[C@H](N)CC2CCCCC2)cc(OC)c1OC. The fourth-order valence-corrected chi connectivity index (χ4v) is 15.7. The van der Waals surface area contributed by atoms with Crippen LogP contribution in [0.4, 0.5) is 22.7 Å². The van der Waals surface area contributed by atoms with Crippen LogP contribution in [-0.4, -0.2) is 138 Å². The molecule has 5 aromatic carbocycles. The van der Waals surface area contributed by atoms with Crippen molar-refractivity contribution < 1.29 is 71.3 Å². The molecule has 23 nitrogen and oxygen atoms in total. The lowest BCUT2D eigenvalue weighted by atomic mass is 9.84. The Labute approximate surface area is 674 Å². The van der Waals surface area contributed by atoms with E-state index in [1.54, 1.807) is 18.2 Å². The molecule has 0 aromatic heterocycles. The van der Waals surface area contributed by atoms with Gasteiger partial charge in [-0.2, -0.15) is 0 Å². The second-order valence-electron chi connectivity index (χ2n) is 32.0. The minimum Gasteiger partial charge on any atom is -0.494 e. The Morgan fingerprint density at radius 1 is 0.381 bits per heavy atom. The van der Waals surface area contributed by atoms with Gasteiger partial charge in [0.1, 0.15) is 31.3 Å². The molecular weight excluding hydrogens is 1430 g/mol. The van der Waals surface area contributed by atoms with Crippen LogP contribution in [0.1, 0.15) is 222 Å². The zero-order chi connectivity index (χ0) is 81.6. The van der Waals surface area contributed by atoms with Gasteiger partial charge in [-0.25, -0.2) is 0 Å². The first-order valence-corrected chi connectivity index (χ1v) is 42.0. The van der Waals surface area contributed by atoms with Gasteiger partial charge in [0.05, 0.1) is 52.4 Å². The summed E-state index contributed by atoms with van der Waals surface area (Å²) in [5.74, 6) is 5.67. The van der Waals surface area contributed by atoms with Crippen LogP contribution in [-0.2, 0) is 44.7 Å². The Morgan fingerprint density at radius 2 is 0.717 bits per heavy atom. The van der Waals surface area contributed by atoms with Crippen molar-refractivity contribution in [2.24, 2.45) is 46.6 Å². The summed E-state index contributed by atoms with van der Waals surface area (Å²) >= 11 is 0. The maximum Gasteiger partial charge on any atom is 0.255 e.